The Balaban J connectivity index is -0.000000438. The average Bonchev–Trinajstić information content (AvgIpc) is 3.39. The summed E-state index contributed by atoms with van der Waals surface area (Å²) < 4.78 is 0. The van der Waals surface area contributed by atoms with Gasteiger partial charge in [-0.15, -0.1) is 0 Å². The number of nitrogens with zero attached hydrogens (tertiary/aromatic N) is 1. The van der Waals surface area contributed by atoms with Crippen LogP contribution in [0.4, 0.5) is 17.1 Å². The van der Waals surface area contributed by atoms with Crippen LogP contribution in [0.15, 0.2) is 103 Å². The molecule has 0 radical (unpaired) electrons. The first-order valence-corrected chi connectivity index (χ1v) is 17.8. The number of fused-ring (bicyclic) bond motifs is 3. The van der Waals surface area contributed by atoms with Crippen LogP contribution in [0, 0.1) is 0 Å². The van der Waals surface area contributed by atoms with E-state index in [2.05, 4.69) is 122 Å². The molecule has 0 unspecified atom stereocenters. The first-order valence-electron chi connectivity index (χ1n) is 17.8. The van der Waals surface area contributed by atoms with Gasteiger partial charge in [-0.25, -0.2) is 0 Å². The van der Waals surface area contributed by atoms with Crippen molar-refractivity contribution in [3.63, 3.8) is 0 Å². The van der Waals surface area contributed by atoms with Gasteiger partial charge in [0, 0.05) is 22.4 Å². The third-order valence-electron chi connectivity index (χ3n) is 5.86. The van der Waals surface area contributed by atoms with Crippen molar-refractivity contribution < 1.29 is 0 Å². The topological polar surface area (TPSA) is 3.24 Å². The van der Waals surface area contributed by atoms with Crippen LogP contribution in [-0.2, 0) is 5.41 Å². The van der Waals surface area contributed by atoms with Crippen LogP contribution < -0.4 is 4.90 Å². The Morgan fingerprint density at radius 1 is 0.364 bits per heavy atom. The SMILES string of the molecule is CC.CC.CC.CC.CC.CC.CC.CC.CC1(C)c2ccccc2-c2c(N(c3ccccc3)c3ccccc3)cccc21. The van der Waals surface area contributed by atoms with E-state index in [1.54, 1.807) is 0 Å². The summed E-state index contributed by atoms with van der Waals surface area (Å²) in [6, 6.07) is 36.8. The summed E-state index contributed by atoms with van der Waals surface area (Å²) in [4.78, 5) is 2.37. The van der Waals surface area contributed by atoms with Crippen molar-refractivity contribution in [2.24, 2.45) is 0 Å². The first kappa shape index (κ1) is 47.6. The summed E-state index contributed by atoms with van der Waals surface area (Å²) in [6.07, 6.45) is 0. The summed E-state index contributed by atoms with van der Waals surface area (Å²) in [7, 11) is 0. The Morgan fingerprint density at radius 3 is 1.11 bits per heavy atom. The molecule has 0 aromatic heterocycles. The van der Waals surface area contributed by atoms with Crippen LogP contribution in [-0.4, -0.2) is 0 Å². The zero-order chi connectivity index (χ0) is 35.1. The van der Waals surface area contributed by atoms with Gasteiger partial charge in [0.05, 0.1) is 5.69 Å². The highest BCUT2D eigenvalue weighted by molar-refractivity contribution is 5.94. The van der Waals surface area contributed by atoms with Crippen LogP contribution in [0.2, 0.25) is 0 Å². The minimum atomic E-state index is 0.000975. The van der Waals surface area contributed by atoms with E-state index >= 15 is 0 Å². The third-order valence-corrected chi connectivity index (χ3v) is 5.86. The van der Waals surface area contributed by atoms with E-state index in [9.17, 15) is 0 Å². The van der Waals surface area contributed by atoms with Gasteiger partial charge < -0.3 is 4.90 Å². The Hall–Kier alpha value is -3.32. The molecule has 0 spiro atoms. The molecule has 0 atom stereocenters. The molecule has 0 bridgehead atoms. The van der Waals surface area contributed by atoms with Crippen LogP contribution in [0.1, 0.15) is 136 Å². The van der Waals surface area contributed by atoms with Gasteiger partial charge in [-0.1, -0.05) is 197 Å². The van der Waals surface area contributed by atoms with Gasteiger partial charge in [-0.3, -0.25) is 0 Å². The average molecular weight is 602 g/mol. The minimum absolute atomic E-state index is 0.000975. The molecule has 248 valence electrons. The van der Waals surface area contributed by atoms with Gasteiger partial charge in [-0.2, -0.15) is 0 Å². The van der Waals surface area contributed by atoms with Crippen molar-refractivity contribution in [3.05, 3.63) is 114 Å². The molecule has 1 aliphatic carbocycles. The largest absolute Gasteiger partial charge is 0.310 e. The summed E-state index contributed by atoms with van der Waals surface area (Å²) in [5.41, 5.74) is 9.05. The second-order valence-corrected chi connectivity index (χ2v) is 7.88. The van der Waals surface area contributed by atoms with E-state index in [0.717, 1.165) is 0 Å². The molecule has 0 N–H and O–H groups in total. The Labute approximate surface area is 276 Å². The van der Waals surface area contributed by atoms with E-state index in [0.29, 0.717) is 0 Å². The predicted molar refractivity (Wildman–Crippen MR) is 209 cm³/mol. The zero-order valence-electron chi connectivity index (χ0n) is 32.3. The maximum atomic E-state index is 2.37. The Bertz CT molecular complexity index is 1090. The monoisotopic (exact) mass is 602 g/mol. The quantitative estimate of drug-likeness (QED) is 0.226. The fraction of sp³-hybridized carbons (Fsp3) is 0.442. The van der Waals surface area contributed by atoms with E-state index < -0.39 is 0 Å². The van der Waals surface area contributed by atoms with Gasteiger partial charge in [0.2, 0.25) is 0 Å². The van der Waals surface area contributed by atoms with Crippen LogP contribution in [0.3, 0.4) is 0 Å². The zero-order valence-corrected chi connectivity index (χ0v) is 32.3. The van der Waals surface area contributed by atoms with Crippen molar-refractivity contribution in [1.82, 2.24) is 0 Å². The van der Waals surface area contributed by atoms with Gasteiger partial charge >= 0.3 is 0 Å². The van der Waals surface area contributed by atoms with Gasteiger partial charge in [0.1, 0.15) is 0 Å². The molecule has 1 aliphatic rings. The molecule has 0 saturated carbocycles. The maximum absolute atomic E-state index is 2.37. The molecule has 0 fully saturated rings. The Morgan fingerprint density at radius 2 is 0.705 bits per heavy atom. The molecule has 5 rings (SSSR count). The van der Waals surface area contributed by atoms with Crippen molar-refractivity contribution in [3.8, 4) is 11.1 Å². The fourth-order valence-corrected chi connectivity index (χ4v) is 4.50. The molecule has 1 heteroatoms. The summed E-state index contributed by atoms with van der Waals surface area (Å²) in [6.45, 7) is 36.7. The van der Waals surface area contributed by atoms with Crippen molar-refractivity contribution in [2.75, 3.05) is 4.90 Å². The van der Waals surface area contributed by atoms with Crippen molar-refractivity contribution in [2.45, 2.75) is 130 Å². The number of hydrogen-bond donors (Lipinski definition) is 0. The standard InChI is InChI=1S/C27H23N.8C2H6/c1-27(2)23-17-10-9-16-22(23)26-24(27)18-11-19-25(26)28(20-12-5-3-6-13-20)21-14-7-4-8-15-21;8*1-2/h3-19H,1-2H3;8*1-2H3. The van der Waals surface area contributed by atoms with E-state index in [4.69, 9.17) is 0 Å². The molecule has 4 aromatic rings. The summed E-state index contributed by atoms with van der Waals surface area (Å²) in [5, 5.41) is 0. The predicted octanol–water partition coefficient (Wildman–Crippen LogP) is 15.7. The molecular weight excluding hydrogens is 530 g/mol. The molecule has 44 heavy (non-hydrogen) atoms. The van der Waals surface area contributed by atoms with Crippen molar-refractivity contribution >= 4 is 17.1 Å². The van der Waals surface area contributed by atoms with Crippen LogP contribution in [0.5, 0.6) is 0 Å². The fourth-order valence-electron chi connectivity index (χ4n) is 4.50. The highest BCUT2D eigenvalue weighted by Crippen LogP contribution is 2.53. The summed E-state index contributed by atoms with van der Waals surface area (Å²) >= 11 is 0. The smallest absolute Gasteiger partial charge is 0.0543 e. The van der Waals surface area contributed by atoms with Gasteiger partial charge in [0.25, 0.3) is 0 Å². The van der Waals surface area contributed by atoms with E-state index in [1.165, 1.54) is 39.3 Å². The highest BCUT2D eigenvalue weighted by Gasteiger charge is 2.37. The minimum Gasteiger partial charge on any atom is -0.310 e. The molecule has 0 aliphatic heterocycles. The second-order valence-electron chi connectivity index (χ2n) is 7.88. The van der Waals surface area contributed by atoms with Crippen molar-refractivity contribution in [1.29, 1.82) is 0 Å². The molecule has 1 nitrogen and oxygen atoms in total. The lowest BCUT2D eigenvalue weighted by molar-refractivity contribution is 0.660. The Kier molecular flexibility index (Phi) is 33.7. The molecule has 0 heterocycles. The van der Waals surface area contributed by atoms with E-state index in [-0.39, 0.29) is 5.41 Å². The number of benzene rings is 4. The van der Waals surface area contributed by atoms with Gasteiger partial charge in [0.15, 0.2) is 0 Å². The molecular formula is C43H71N. The highest BCUT2D eigenvalue weighted by atomic mass is 15.1. The van der Waals surface area contributed by atoms with E-state index in [1.807, 2.05) is 111 Å². The normalized spacial score (nSPS) is 9.77. The number of para-hydroxylation sites is 2. The molecule has 0 saturated heterocycles. The number of rotatable bonds is 3. The first-order chi connectivity index (χ1) is 21.7. The number of hydrogen-bond acceptors (Lipinski definition) is 1. The molecule has 0 amide bonds. The lowest BCUT2D eigenvalue weighted by Crippen LogP contribution is -2.15. The second kappa shape index (κ2) is 31.1. The van der Waals surface area contributed by atoms with Crippen LogP contribution >= 0.6 is 0 Å². The summed E-state index contributed by atoms with van der Waals surface area (Å²) in [5.74, 6) is 0. The lowest BCUT2D eigenvalue weighted by Gasteiger charge is -2.28. The van der Waals surface area contributed by atoms with Gasteiger partial charge in [-0.05, 0) is 47.0 Å². The lowest BCUT2D eigenvalue weighted by atomic mass is 9.82. The number of anilines is 3. The maximum Gasteiger partial charge on any atom is 0.0543 e. The molecule has 4 aromatic carbocycles. The third kappa shape index (κ3) is 12.7. The van der Waals surface area contributed by atoms with Crippen LogP contribution in [0.25, 0.3) is 11.1 Å².